The second-order valence-corrected chi connectivity index (χ2v) is 5.29. The first-order valence-corrected chi connectivity index (χ1v) is 5.61. The van der Waals surface area contributed by atoms with Crippen molar-refractivity contribution in [2.45, 2.75) is 24.3 Å². The highest BCUT2D eigenvalue weighted by molar-refractivity contribution is 6.21. The van der Waals surface area contributed by atoms with Crippen LogP contribution in [0.25, 0.3) is 0 Å². The Morgan fingerprint density at radius 3 is 3.00 bits per heavy atom. The van der Waals surface area contributed by atoms with E-state index in [9.17, 15) is 5.11 Å². The number of rotatable bonds is 1. The Bertz CT molecular complexity index is 221. The van der Waals surface area contributed by atoms with Crippen LogP contribution >= 0.6 is 11.6 Å². The van der Waals surface area contributed by atoms with Gasteiger partial charge in [-0.2, -0.15) is 0 Å². The zero-order valence-corrected chi connectivity index (χ0v) is 8.28. The van der Waals surface area contributed by atoms with Crippen LogP contribution in [0.4, 0.5) is 0 Å². The minimum atomic E-state index is 0.203. The first-order valence-electron chi connectivity index (χ1n) is 5.17. The van der Waals surface area contributed by atoms with E-state index in [-0.39, 0.29) is 5.38 Å². The zero-order valence-electron chi connectivity index (χ0n) is 7.53. The van der Waals surface area contributed by atoms with E-state index in [0.29, 0.717) is 36.4 Å². The number of hydrogen-bond donors (Lipinski definition) is 1. The molecule has 13 heavy (non-hydrogen) atoms. The molecule has 0 aromatic carbocycles. The van der Waals surface area contributed by atoms with E-state index in [1.165, 1.54) is 0 Å². The minimum absolute atomic E-state index is 0.203. The molecule has 0 amide bonds. The van der Waals surface area contributed by atoms with Gasteiger partial charge in [-0.1, -0.05) is 0 Å². The Hall–Kier alpha value is 0.210. The third-order valence-corrected chi connectivity index (χ3v) is 4.65. The molecule has 2 aliphatic carbocycles. The minimum Gasteiger partial charge on any atom is -0.396 e. The average Bonchev–Trinajstić information content (AvgIpc) is 2.70. The van der Waals surface area contributed by atoms with E-state index >= 15 is 0 Å². The summed E-state index contributed by atoms with van der Waals surface area (Å²) in [7, 11) is 0. The Kier molecular flexibility index (Phi) is 1.87. The van der Waals surface area contributed by atoms with Gasteiger partial charge in [-0.05, 0) is 36.5 Å². The topological polar surface area (TPSA) is 29.5 Å². The number of alkyl halides is 1. The molecule has 3 heteroatoms. The maximum atomic E-state index is 9.24. The van der Waals surface area contributed by atoms with Crippen molar-refractivity contribution in [1.29, 1.82) is 0 Å². The van der Waals surface area contributed by atoms with Crippen molar-refractivity contribution < 1.29 is 9.84 Å². The van der Waals surface area contributed by atoms with Crippen LogP contribution in [-0.2, 0) is 4.74 Å². The van der Waals surface area contributed by atoms with Gasteiger partial charge in [0, 0.05) is 6.61 Å². The average molecular weight is 203 g/mol. The van der Waals surface area contributed by atoms with Crippen LogP contribution < -0.4 is 0 Å². The van der Waals surface area contributed by atoms with E-state index in [1.807, 2.05) is 0 Å². The van der Waals surface area contributed by atoms with Gasteiger partial charge in [-0.3, -0.25) is 0 Å². The summed E-state index contributed by atoms with van der Waals surface area (Å²) in [6.45, 7) is 1.22. The van der Waals surface area contributed by atoms with Crippen molar-refractivity contribution in [3.8, 4) is 0 Å². The number of aliphatic hydroxyl groups is 1. The summed E-state index contributed by atoms with van der Waals surface area (Å²) in [5, 5.41) is 9.45. The van der Waals surface area contributed by atoms with Crippen LogP contribution in [0, 0.1) is 23.7 Å². The van der Waals surface area contributed by atoms with E-state index in [4.69, 9.17) is 16.3 Å². The normalized spacial score (nSPS) is 58.6. The lowest BCUT2D eigenvalue weighted by atomic mass is 9.91. The molecule has 2 saturated carbocycles. The summed E-state index contributed by atoms with van der Waals surface area (Å²) in [5.74, 6) is 2.51. The Morgan fingerprint density at radius 2 is 2.23 bits per heavy atom. The third-order valence-electron chi connectivity index (χ3n) is 4.22. The summed E-state index contributed by atoms with van der Waals surface area (Å²) < 4.78 is 5.70. The van der Waals surface area contributed by atoms with Crippen molar-refractivity contribution in [2.24, 2.45) is 23.7 Å². The molecule has 74 valence electrons. The number of ether oxygens (including phenoxy) is 1. The van der Waals surface area contributed by atoms with Crippen LogP contribution in [0.3, 0.4) is 0 Å². The quantitative estimate of drug-likeness (QED) is 0.649. The van der Waals surface area contributed by atoms with Gasteiger partial charge >= 0.3 is 0 Å². The van der Waals surface area contributed by atoms with Gasteiger partial charge in [0.05, 0.1) is 18.1 Å². The first kappa shape index (κ1) is 8.51. The molecular formula is C10H15ClO2. The molecule has 0 aromatic rings. The molecule has 0 unspecified atom stereocenters. The van der Waals surface area contributed by atoms with Crippen LogP contribution in [0.1, 0.15) is 12.8 Å². The van der Waals surface area contributed by atoms with Crippen molar-refractivity contribution in [1.82, 2.24) is 0 Å². The fourth-order valence-electron chi connectivity index (χ4n) is 3.72. The lowest BCUT2D eigenvalue weighted by Gasteiger charge is -2.15. The van der Waals surface area contributed by atoms with Crippen molar-refractivity contribution >= 4 is 11.6 Å². The highest BCUT2D eigenvalue weighted by Gasteiger charge is 2.57. The predicted molar refractivity (Wildman–Crippen MR) is 49.7 cm³/mol. The molecule has 0 spiro atoms. The predicted octanol–water partition coefficient (Wildman–Crippen LogP) is 1.26. The molecule has 1 saturated heterocycles. The molecule has 0 radical (unpaired) electrons. The molecule has 0 bridgehead atoms. The van der Waals surface area contributed by atoms with E-state index in [1.54, 1.807) is 0 Å². The molecule has 1 N–H and O–H groups in total. The zero-order chi connectivity index (χ0) is 9.00. The molecule has 1 heterocycles. The highest BCUT2D eigenvalue weighted by Crippen LogP contribution is 2.56. The van der Waals surface area contributed by atoms with Gasteiger partial charge in [0.15, 0.2) is 0 Å². The van der Waals surface area contributed by atoms with Crippen molar-refractivity contribution in [3.05, 3.63) is 0 Å². The molecule has 3 rings (SSSR count). The molecule has 1 aliphatic heterocycles. The van der Waals surface area contributed by atoms with Gasteiger partial charge < -0.3 is 9.84 Å². The largest absolute Gasteiger partial charge is 0.396 e. The Morgan fingerprint density at radius 1 is 1.38 bits per heavy atom. The van der Waals surface area contributed by atoms with Crippen LogP contribution in [0.15, 0.2) is 0 Å². The van der Waals surface area contributed by atoms with E-state index < -0.39 is 0 Å². The third kappa shape index (κ3) is 1.03. The number of aliphatic hydroxyl groups excluding tert-OH is 1. The van der Waals surface area contributed by atoms with Gasteiger partial charge in [-0.15, -0.1) is 11.6 Å². The van der Waals surface area contributed by atoms with Crippen LogP contribution in [-0.4, -0.2) is 29.8 Å². The Labute approximate surface area is 83.2 Å². The molecule has 3 fully saturated rings. The summed E-state index contributed by atoms with van der Waals surface area (Å²) in [6, 6.07) is 0. The maximum Gasteiger partial charge on any atom is 0.0773 e. The second-order valence-electron chi connectivity index (χ2n) is 4.73. The molecule has 2 nitrogen and oxygen atoms in total. The summed E-state index contributed by atoms with van der Waals surface area (Å²) in [6.07, 6.45) is 2.51. The maximum absolute atomic E-state index is 9.24. The smallest absolute Gasteiger partial charge is 0.0773 e. The van der Waals surface area contributed by atoms with E-state index in [2.05, 4.69) is 0 Å². The van der Waals surface area contributed by atoms with Crippen molar-refractivity contribution in [2.75, 3.05) is 13.2 Å². The van der Waals surface area contributed by atoms with E-state index in [0.717, 1.165) is 19.4 Å². The fraction of sp³-hybridized carbons (Fsp3) is 1.00. The fourth-order valence-corrected chi connectivity index (χ4v) is 4.17. The standard InChI is InChI=1S/C10H15ClO2/c11-8-2-7-5(3-12)1-6-4-13-10(8)9(6)7/h5-10,12H,1-4H2/t5-,6+,7+,8-,9-,10+/m1/s1. The van der Waals surface area contributed by atoms with Crippen LogP contribution in [0.5, 0.6) is 0 Å². The summed E-state index contributed by atoms with van der Waals surface area (Å²) >= 11 is 6.22. The number of halogens is 1. The molecule has 3 aliphatic rings. The molecule has 0 aromatic heterocycles. The SMILES string of the molecule is OC[C@H]1C[C@H]2CO[C@@H]3[C@H]2[C@H]1C[C@H]3Cl. The lowest BCUT2D eigenvalue weighted by Crippen LogP contribution is -2.20. The second kappa shape index (κ2) is 2.85. The monoisotopic (exact) mass is 202 g/mol. The molecular weight excluding hydrogens is 188 g/mol. The summed E-state index contributed by atoms with van der Waals surface area (Å²) in [5.41, 5.74) is 0. The highest BCUT2D eigenvalue weighted by atomic mass is 35.5. The van der Waals surface area contributed by atoms with Gasteiger partial charge in [0.2, 0.25) is 0 Å². The number of hydrogen-bond acceptors (Lipinski definition) is 2. The molecule has 6 atom stereocenters. The van der Waals surface area contributed by atoms with Gasteiger partial charge in [-0.25, -0.2) is 0 Å². The first-order chi connectivity index (χ1) is 6.31. The summed E-state index contributed by atoms with van der Waals surface area (Å²) in [4.78, 5) is 0. The van der Waals surface area contributed by atoms with Crippen LogP contribution in [0.2, 0.25) is 0 Å². The van der Waals surface area contributed by atoms with Gasteiger partial charge in [0.25, 0.3) is 0 Å². The van der Waals surface area contributed by atoms with Crippen molar-refractivity contribution in [3.63, 3.8) is 0 Å². The lowest BCUT2D eigenvalue weighted by molar-refractivity contribution is 0.0892. The van der Waals surface area contributed by atoms with Gasteiger partial charge in [0.1, 0.15) is 0 Å². The Balaban J connectivity index is 1.88.